The minimum absolute atomic E-state index is 0.313. The minimum atomic E-state index is 0.313. The summed E-state index contributed by atoms with van der Waals surface area (Å²) in [6, 6.07) is 3.79. The van der Waals surface area contributed by atoms with Crippen LogP contribution in [-0.2, 0) is 0 Å². The van der Waals surface area contributed by atoms with Crippen LogP contribution in [0, 0.1) is 11.3 Å². The second-order valence-electron chi connectivity index (χ2n) is 3.08. The summed E-state index contributed by atoms with van der Waals surface area (Å²) in [5, 5.41) is 8.85. The molecule has 0 aliphatic rings. The molecule has 0 aliphatic heterocycles. The van der Waals surface area contributed by atoms with Crippen LogP contribution in [0.3, 0.4) is 0 Å². The van der Waals surface area contributed by atoms with Gasteiger partial charge in [0.05, 0.1) is 18.7 Å². The van der Waals surface area contributed by atoms with E-state index in [1.807, 2.05) is 13.8 Å². The van der Waals surface area contributed by atoms with Gasteiger partial charge in [-0.15, -0.1) is 0 Å². The van der Waals surface area contributed by atoms with E-state index in [9.17, 15) is 0 Å². The Hall–Kier alpha value is -1.56. The van der Waals surface area contributed by atoms with Crippen molar-refractivity contribution in [1.82, 2.24) is 4.98 Å². The summed E-state index contributed by atoms with van der Waals surface area (Å²) in [5.74, 6) is 0.800. The third-order valence-corrected chi connectivity index (χ3v) is 1.86. The Morgan fingerprint density at radius 2 is 2.23 bits per heavy atom. The Kier molecular flexibility index (Phi) is 2.86. The molecule has 0 radical (unpaired) electrons. The first-order chi connectivity index (χ1) is 6.19. The van der Waals surface area contributed by atoms with Gasteiger partial charge in [-0.05, 0) is 11.5 Å². The summed E-state index contributed by atoms with van der Waals surface area (Å²) in [4.78, 5) is 4.05. The van der Waals surface area contributed by atoms with Crippen LogP contribution in [-0.4, -0.2) is 12.1 Å². The average Bonchev–Trinajstić information content (AvgIpc) is 2.16. The molecule has 0 spiro atoms. The van der Waals surface area contributed by atoms with E-state index in [0.717, 1.165) is 5.56 Å². The molecule has 0 amide bonds. The van der Waals surface area contributed by atoms with Crippen molar-refractivity contribution in [3.8, 4) is 11.9 Å². The third kappa shape index (κ3) is 1.97. The molecular formula is C10H12N2O. The fourth-order valence-corrected chi connectivity index (χ4v) is 1.12. The maximum Gasteiger partial charge on any atom is 0.214 e. The van der Waals surface area contributed by atoms with Gasteiger partial charge in [0.1, 0.15) is 0 Å². The normalized spacial score (nSPS) is 9.77. The smallest absolute Gasteiger partial charge is 0.214 e. The SMILES string of the molecule is COc1cc(C#N)c(C(C)C)cn1. The molecule has 1 aromatic heterocycles. The molecule has 0 saturated carbocycles. The molecule has 0 fully saturated rings. The van der Waals surface area contributed by atoms with Gasteiger partial charge in [0, 0.05) is 12.3 Å². The summed E-state index contributed by atoms with van der Waals surface area (Å²) in [6.45, 7) is 4.06. The van der Waals surface area contributed by atoms with Crippen molar-refractivity contribution < 1.29 is 4.74 Å². The number of methoxy groups -OCH3 is 1. The summed E-state index contributed by atoms with van der Waals surface area (Å²) < 4.78 is 4.93. The number of aromatic nitrogens is 1. The summed E-state index contributed by atoms with van der Waals surface area (Å²) >= 11 is 0. The lowest BCUT2D eigenvalue weighted by Gasteiger charge is -2.07. The number of nitriles is 1. The van der Waals surface area contributed by atoms with Gasteiger partial charge in [0.15, 0.2) is 0 Å². The number of pyridine rings is 1. The Morgan fingerprint density at radius 3 is 2.69 bits per heavy atom. The van der Waals surface area contributed by atoms with Crippen LogP contribution in [0.15, 0.2) is 12.3 Å². The van der Waals surface area contributed by atoms with Crippen molar-refractivity contribution in [2.75, 3.05) is 7.11 Å². The lowest BCUT2D eigenvalue weighted by Crippen LogP contribution is -1.96. The zero-order valence-corrected chi connectivity index (χ0v) is 8.03. The van der Waals surface area contributed by atoms with E-state index >= 15 is 0 Å². The van der Waals surface area contributed by atoms with E-state index in [-0.39, 0.29) is 0 Å². The van der Waals surface area contributed by atoms with Gasteiger partial charge >= 0.3 is 0 Å². The molecule has 0 atom stereocenters. The van der Waals surface area contributed by atoms with Crippen molar-refractivity contribution in [2.24, 2.45) is 0 Å². The van der Waals surface area contributed by atoms with Gasteiger partial charge < -0.3 is 4.74 Å². The molecule has 0 aliphatic carbocycles. The zero-order chi connectivity index (χ0) is 9.84. The predicted molar refractivity (Wildman–Crippen MR) is 49.6 cm³/mol. The van der Waals surface area contributed by atoms with Gasteiger partial charge in [-0.1, -0.05) is 13.8 Å². The van der Waals surface area contributed by atoms with E-state index in [4.69, 9.17) is 10.00 Å². The van der Waals surface area contributed by atoms with Crippen LogP contribution in [0.2, 0.25) is 0 Å². The van der Waals surface area contributed by atoms with Gasteiger partial charge in [0.2, 0.25) is 5.88 Å². The fraction of sp³-hybridized carbons (Fsp3) is 0.400. The zero-order valence-electron chi connectivity index (χ0n) is 8.03. The first-order valence-corrected chi connectivity index (χ1v) is 4.13. The van der Waals surface area contributed by atoms with Crippen molar-refractivity contribution in [3.63, 3.8) is 0 Å². The van der Waals surface area contributed by atoms with E-state index in [2.05, 4.69) is 11.1 Å². The fourth-order valence-electron chi connectivity index (χ4n) is 1.12. The third-order valence-electron chi connectivity index (χ3n) is 1.86. The maximum absolute atomic E-state index is 8.85. The highest BCUT2D eigenvalue weighted by atomic mass is 16.5. The predicted octanol–water partition coefficient (Wildman–Crippen LogP) is 2.09. The van der Waals surface area contributed by atoms with Gasteiger partial charge in [0.25, 0.3) is 0 Å². The highest BCUT2D eigenvalue weighted by Crippen LogP contribution is 2.20. The molecule has 1 heterocycles. The molecule has 13 heavy (non-hydrogen) atoms. The molecule has 0 N–H and O–H groups in total. The van der Waals surface area contributed by atoms with Crippen LogP contribution in [0.4, 0.5) is 0 Å². The number of rotatable bonds is 2. The minimum Gasteiger partial charge on any atom is -0.481 e. The Balaban J connectivity index is 3.18. The first kappa shape index (κ1) is 9.53. The molecule has 0 unspecified atom stereocenters. The van der Waals surface area contributed by atoms with Gasteiger partial charge in [-0.3, -0.25) is 0 Å². The van der Waals surface area contributed by atoms with Gasteiger partial charge in [-0.2, -0.15) is 5.26 Å². The molecule has 68 valence electrons. The Labute approximate surface area is 78.0 Å². The van der Waals surface area contributed by atoms with E-state index in [1.165, 1.54) is 0 Å². The molecule has 0 bridgehead atoms. The number of hydrogen-bond donors (Lipinski definition) is 0. The molecule has 0 saturated heterocycles. The molecule has 0 aromatic carbocycles. The number of nitrogens with zero attached hydrogens (tertiary/aromatic N) is 2. The molecule has 3 nitrogen and oxygen atoms in total. The summed E-state index contributed by atoms with van der Waals surface area (Å²) in [5.41, 5.74) is 1.60. The second kappa shape index (κ2) is 3.90. The van der Waals surface area contributed by atoms with Gasteiger partial charge in [-0.25, -0.2) is 4.98 Å². The van der Waals surface area contributed by atoms with Crippen LogP contribution < -0.4 is 4.74 Å². The summed E-state index contributed by atoms with van der Waals surface area (Å²) in [7, 11) is 1.54. The highest BCUT2D eigenvalue weighted by molar-refractivity contribution is 5.40. The molecular weight excluding hydrogens is 164 g/mol. The van der Waals surface area contributed by atoms with Crippen LogP contribution in [0.25, 0.3) is 0 Å². The topological polar surface area (TPSA) is 45.9 Å². The van der Waals surface area contributed by atoms with Crippen molar-refractivity contribution in [1.29, 1.82) is 5.26 Å². The molecule has 1 rings (SSSR count). The van der Waals surface area contributed by atoms with Crippen molar-refractivity contribution in [3.05, 3.63) is 23.4 Å². The number of ether oxygens (including phenoxy) is 1. The summed E-state index contributed by atoms with van der Waals surface area (Å²) in [6.07, 6.45) is 1.70. The number of hydrogen-bond acceptors (Lipinski definition) is 3. The monoisotopic (exact) mass is 176 g/mol. The lowest BCUT2D eigenvalue weighted by molar-refractivity contribution is 0.397. The quantitative estimate of drug-likeness (QED) is 0.693. The van der Waals surface area contributed by atoms with E-state index in [0.29, 0.717) is 17.4 Å². The largest absolute Gasteiger partial charge is 0.481 e. The first-order valence-electron chi connectivity index (χ1n) is 4.13. The highest BCUT2D eigenvalue weighted by Gasteiger charge is 2.07. The van der Waals surface area contributed by atoms with Crippen LogP contribution in [0.1, 0.15) is 30.9 Å². The van der Waals surface area contributed by atoms with E-state index in [1.54, 1.807) is 19.4 Å². The average molecular weight is 176 g/mol. The Bertz CT molecular complexity index is 339. The van der Waals surface area contributed by atoms with Crippen molar-refractivity contribution >= 4 is 0 Å². The second-order valence-corrected chi connectivity index (χ2v) is 3.08. The Morgan fingerprint density at radius 1 is 1.54 bits per heavy atom. The van der Waals surface area contributed by atoms with Crippen LogP contribution >= 0.6 is 0 Å². The lowest BCUT2D eigenvalue weighted by atomic mass is 10.0. The van der Waals surface area contributed by atoms with Crippen molar-refractivity contribution in [2.45, 2.75) is 19.8 Å². The van der Waals surface area contributed by atoms with Crippen LogP contribution in [0.5, 0.6) is 5.88 Å². The van der Waals surface area contributed by atoms with E-state index < -0.39 is 0 Å². The molecule has 3 heteroatoms. The molecule has 1 aromatic rings. The maximum atomic E-state index is 8.85. The standard InChI is InChI=1S/C10H12N2O/c1-7(2)9-6-12-10(13-3)4-8(9)5-11/h4,6-7H,1-3H3.